The molecule has 0 aliphatic heterocycles. The molecule has 24 nitrogen and oxygen atoms in total. The summed E-state index contributed by atoms with van der Waals surface area (Å²) in [5.74, 6) is 0.0463. The summed E-state index contributed by atoms with van der Waals surface area (Å²) >= 11 is 27.0. The SMILES string of the molecule is C.C.C.CSc1nccc(=O)[nH]1.O=P(Cl)(Cl)Cl.[2H]/C([N+]#[C-])=C(/[2H])c1c([2H])c(C([2H])([2H])[2H])c(Cc2ccnc(Cc3c([2H])c([2H])c(C#N)c([2H])c3[2H])n2)c(C([2H])([2H])[2H])c1[2H].[2H]C([2H])=C([2H])C#N.[2H]c1c(C)c(N)c(C([2H])([2H])[2H])c([2H])c1Br.[2H]c1c([2H])c(C#N)c([2H])c([2H])c1N.[2H]c1c([2H])c(Cc2nccc(Cc3c(C([2H])([2H])[2H])c([2H])c(Br)c([2H])c3C([2H])([2H])[2H])n2)c([2H])c([2H])c1C#N.[2H]c1c([2H])c(Nc2nccc(=O)[nH]2)c([2H])c([2H])c1C#N.[2H]c1c([2H])c(Nc2nccc(Cl)n2)c([2H])c([2H])c1[N+]#[C-]. The molecule has 0 aliphatic carbocycles. The molecule has 0 bridgehead atoms. The number of nitrogen functional groups attached to an aromatic ring is 2. The number of thioether (sulfide) groups is 1. The number of halogens is 6. The van der Waals surface area contributed by atoms with Gasteiger partial charge in [-0.3, -0.25) is 19.1 Å². The van der Waals surface area contributed by atoms with E-state index < -0.39 is 230 Å². The molecular weight excluding hydrogens is 1820 g/mol. The van der Waals surface area contributed by atoms with Crippen LogP contribution in [0.3, 0.4) is 0 Å². The van der Waals surface area contributed by atoms with Crippen molar-refractivity contribution in [3.05, 3.63) is 401 Å². The topological polar surface area (TPSA) is 390 Å². The van der Waals surface area contributed by atoms with Crippen LogP contribution in [0.5, 0.6) is 0 Å². The molecular formula is C93H90Br2Cl4N21O3PS. The predicted molar refractivity (Wildman–Crippen MR) is 517 cm³/mol. The quantitative estimate of drug-likeness (QED) is 0.0112. The Balaban J connectivity index is 0.000000691. The molecule has 0 saturated carbocycles. The predicted octanol–water partition coefficient (Wildman–Crippen LogP) is 24.5. The van der Waals surface area contributed by atoms with Crippen molar-refractivity contribution in [1.82, 2.24) is 49.8 Å². The highest BCUT2D eigenvalue weighted by molar-refractivity contribution is 9.10. The molecule has 5 aromatic heterocycles. The molecule has 0 unspecified atom stereocenters. The Kier molecular flexibility index (Phi) is 25.1. The average Bonchev–Trinajstić information content (AvgIpc) is 0.731. The van der Waals surface area contributed by atoms with E-state index in [1.165, 1.54) is 79.1 Å². The van der Waals surface area contributed by atoms with E-state index in [1.807, 2.05) is 6.26 Å². The smallest absolute Gasteiger partial charge is 0.339 e. The van der Waals surface area contributed by atoms with Gasteiger partial charge in [0.1, 0.15) is 16.8 Å². The molecule has 32 heteroatoms. The van der Waals surface area contributed by atoms with Crippen molar-refractivity contribution < 1.29 is 67.6 Å². The normalized spacial score (nSPS) is 15.4. The molecule has 0 amide bonds. The molecule has 5 heterocycles. The maximum Gasteiger partial charge on any atom is 0.339 e. The lowest BCUT2D eigenvalue weighted by molar-refractivity contribution is 0.600. The van der Waals surface area contributed by atoms with Crippen LogP contribution in [0.1, 0.15) is 192 Å². The molecule has 0 saturated heterocycles. The fourth-order valence-electron chi connectivity index (χ4n) is 7.85. The summed E-state index contributed by atoms with van der Waals surface area (Å²) < 4.78 is 366. The number of hydrogen-bond acceptors (Lipinski definition) is 21. The number of rotatable bonds is 14. The Hall–Kier alpha value is -13.4. The Morgan fingerprint density at radius 1 is 0.576 bits per heavy atom. The van der Waals surface area contributed by atoms with E-state index >= 15 is 0 Å². The maximum absolute atomic E-state index is 11.1. The van der Waals surface area contributed by atoms with Gasteiger partial charge >= 0.3 is 5.20 Å². The molecule has 638 valence electrons. The van der Waals surface area contributed by atoms with Gasteiger partial charge in [-0.1, -0.05) is 138 Å². The minimum atomic E-state index is -3.22. The van der Waals surface area contributed by atoms with Crippen LogP contribution in [0.4, 0.5) is 40.3 Å². The molecule has 13 aromatic rings. The molecule has 8 N–H and O–H groups in total. The van der Waals surface area contributed by atoms with Gasteiger partial charge in [0.25, 0.3) is 11.1 Å². The first-order chi connectivity index (χ1) is 77.4. The van der Waals surface area contributed by atoms with Crippen LogP contribution in [0.2, 0.25) is 5.15 Å². The number of nitriles is 5. The molecule has 13 rings (SSSR count). The first-order valence-electron chi connectivity index (χ1n) is 55.3. The zero-order valence-electron chi connectivity index (χ0n) is 108. The van der Waals surface area contributed by atoms with E-state index in [4.69, 9.17) is 126 Å². The van der Waals surface area contributed by atoms with Crippen LogP contribution in [-0.2, 0) is 30.2 Å². The zero-order chi connectivity index (χ0) is 129. The Bertz CT molecular complexity index is 8520. The van der Waals surface area contributed by atoms with Crippen molar-refractivity contribution >= 4 is 141 Å². The standard InChI is InChI=1S/C24H20N4.C21H18BrN3.C11H7ClN4.C11H8N4O.C8H10BrN.C7H6N2.C5H6N2OS.C3H3N.3CH4.Cl3OP/c1-17-12-21(8-10-26-3)13-18(2)23(17)15-22-9-11-27-24(28-22)14-19-4-6-20(16-25)7-5-19;1-14-9-18(22)10-15(2)20(14)12-19-7-8-24-21(25-19)11-16-3-5-17(13-23)6-4-16;1-13-8-2-4-9(5-3-8)15-11-14-7-6-10(12)16-11;12-7-8-1-3-9(4-2-8)14-11-13-6-5-10(16)15-11;1-5-3-7(9)4-6(2)8(5)10;8-5-6-1-3-7(9)4-2-6;1-9-5-6-3-2-4(8)7-5;1-2-3-4;;;;1-5(2,3)4/h4-13H,14-15H2,1-2H3;3-10H,11-12H2,1-2H3;2-7H,(H,14,15,16);1-6H,(H2,13,14,15,16);3-4H,10H2,1-2H3;1-4H,9H2;2-3H,1H3,(H,6,7,8);2H,1H2;3*1H4;/b10-8+;;;;;;;;;;;/i1D3,2D3,4D,5D,6D,7D,8D,10D,12D,13D;1D3,2D3,3D,4D,5D,6D,9D,10D;2D,3D,4D,5D;1D,2D,3D,4D;1D3,3D,4D;1D,2D,3D,4D;;1D2,2D;;;;. The van der Waals surface area contributed by atoms with Crippen LogP contribution in [0.25, 0.3) is 15.7 Å². The Morgan fingerprint density at radius 3 is 1.40 bits per heavy atom. The number of allylic oxidation sites excluding steroid dienone is 1. The fraction of sp³-hybridized carbons (Fsp3) is 0.151. The molecule has 125 heavy (non-hydrogen) atoms. The van der Waals surface area contributed by atoms with Crippen molar-refractivity contribution in [2.45, 2.75) is 94.3 Å². The highest BCUT2D eigenvalue weighted by Gasteiger charge is 2.12. The van der Waals surface area contributed by atoms with Gasteiger partial charge in [-0.2, -0.15) is 26.3 Å². The van der Waals surface area contributed by atoms with Crippen molar-refractivity contribution in [2.75, 3.05) is 28.4 Å². The first-order valence-corrected chi connectivity index (χ1v) is 39.9. The van der Waals surface area contributed by atoms with Crippen LogP contribution < -0.4 is 33.2 Å². The second-order valence-corrected chi connectivity index (χ2v) is 30.9. The summed E-state index contributed by atoms with van der Waals surface area (Å²) in [5, 5.41) is 46.2. The first kappa shape index (κ1) is 54.2. The minimum absolute atomic E-state index is 0. The Labute approximate surface area is 835 Å². The van der Waals surface area contributed by atoms with E-state index in [-0.39, 0.29) is 206 Å². The maximum atomic E-state index is 11.1. The van der Waals surface area contributed by atoms with Crippen LogP contribution in [0.15, 0.2) is 261 Å². The van der Waals surface area contributed by atoms with Crippen LogP contribution in [-0.4, -0.2) is 56.1 Å². The van der Waals surface area contributed by atoms with E-state index in [1.54, 1.807) is 31.2 Å². The van der Waals surface area contributed by atoms with Gasteiger partial charge in [-0.05, 0) is 269 Å². The molecule has 0 atom stereocenters. The number of hydrogen-bond donors (Lipinski definition) is 6. The van der Waals surface area contributed by atoms with Crippen molar-refractivity contribution in [2.24, 2.45) is 0 Å². The van der Waals surface area contributed by atoms with Gasteiger partial charge in [0.15, 0.2) is 17.0 Å². The third-order valence-corrected chi connectivity index (χ3v) is 14.6. The van der Waals surface area contributed by atoms with Crippen molar-refractivity contribution in [1.29, 1.82) is 26.3 Å². The molecule has 0 aliphatic rings. The van der Waals surface area contributed by atoms with Crippen molar-refractivity contribution in [3.8, 4) is 30.3 Å². The fourth-order valence-corrected chi connectivity index (χ4v) is 9.25. The third-order valence-electron chi connectivity index (χ3n) is 13.0. The molecule has 0 spiro atoms. The highest BCUT2D eigenvalue weighted by atomic mass is 79.9. The Morgan fingerprint density at radius 2 is 0.992 bits per heavy atom. The molecule has 0 radical (unpaired) electrons. The number of nitrogens with one attached hydrogen (secondary N) is 4. The van der Waals surface area contributed by atoms with Gasteiger partial charge in [0, 0.05) is 144 Å². The lowest BCUT2D eigenvalue weighted by atomic mass is 9.95. The van der Waals surface area contributed by atoms with E-state index in [0.29, 0.717) is 10.7 Å². The van der Waals surface area contributed by atoms with Crippen LogP contribution in [0, 0.1) is 111 Å². The second-order valence-electron chi connectivity index (χ2n) is 21.5. The van der Waals surface area contributed by atoms with Crippen molar-refractivity contribution in [3.63, 3.8) is 0 Å². The monoisotopic (exact) mass is 1960 g/mol. The minimum Gasteiger partial charge on any atom is -0.399 e. The molecule has 8 aromatic carbocycles. The van der Waals surface area contributed by atoms with Gasteiger partial charge in [-0.25, -0.2) is 49.6 Å². The van der Waals surface area contributed by atoms with Gasteiger partial charge < -0.3 is 27.1 Å². The number of H-pyrrole nitrogens is 2. The summed E-state index contributed by atoms with van der Waals surface area (Å²) in [6.45, 7) is 0.339. The highest BCUT2D eigenvalue weighted by Crippen LogP contribution is 2.61. The number of nitrogens with two attached hydrogens (primary N) is 2. The summed E-state index contributed by atoms with van der Waals surface area (Å²) in [6.07, 6.45) is 6.07. The number of aromatic nitrogens is 10. The average molecular weight is 1960 g/mol. The second kappa shape index (κ2) is 57.8. The summed E-state index contributed by atoms with van der Waals surface area (Å²) in [6, 6.07) is 1.39. The zero-order valence-corrected chi connectivity index (χ0v) is 69.7. The lowest BCUT2D eigenvalue weighted by Crippen LogP contribution is -2.08. The number of anilines is 6. The summed E-state index contributed by atoms with van der Waals surface area (Å²) in [4.78, 5) is 64.5. The largest absolute Gasteiger partial charge is 0.399 e. The van der Waals surface area contributed by atoms with E-state index in [2.05, 4.69) is 136 Å². The van der Waals surface area contributed by atoms with Crippen LogP contribution >= 0.6 is 94.1 Å². The third kappa shape index (κ3) is 42.3. The lowest BCUT2D eigenvalue weighted by Gasteiger charge is -2.12. The van der Waals surface area contributed by atoms with Gasteiger partial charge in [0.2, 0.25) is 11.9 Å². The van der Waals surface area contributed by atoms with E-state index in [9.17, 15) is 14.2 Å². The number of nitrogens with zero attached hydrogens (tertiary/aromatic N) is 15. The van der Waals surface area contributed by atoms with Gasteiger partial charge in [0.05, 0.1) is 103 Å². The van der Waals surface area contributed by atoms with Gasteiger partial charge in [-0.15, -0.1) is 0 Å². The number of benzene rings is 8. The van der Waals surface area contributed by atoms with E-state index in [0.717, 1.165) is 0 Å². The number of aromatic amines is 2. The summed E-state index contributed by atoms with van der Waals surface area (Å²) in [7, 11) is 0. The summed E-state index contributed by atoms with van der Waals surface area (Å²) in [5.41, 5.74) is 4.29. The molecule has 0 fully saturated rings.